The van der Waals surface area contributed by atoms with Crippen molar-refractivity contribution in [1.82, 2.24) is 9.80 Å². The Morgan fingerprint density at radius 1 is 0.964 bits per heavy atom. The van der Waals surface area contributed by atoms with Crippen LogP contribution in [-0.2, 0) is 0 Å². The summed E-state index contributed by atoms with van der Waals surface area (Å²) < 4.78 is 0.961. The van der Waals surface area contributed by atoms with Gasteiger partial charge in [0.15, 0.2) is 0 Å². The molecule has 28 heavy (non-hydrogen) atoms. The van der Waals surface area contributed by atoms with Gasteiger partial charge in [-0.3, -0.25) is 9.59 Å². The lowest BCUT2D eigenvalue weighted by molar-refractivity contribution is 0.0498. The van der Waals surface area contributed by atoms with Crippen molar-refractivity contribution in [2.75, 3.05) is 25.4 Å². The van der Waals surface area contributed by atoms with Crippen LogP contribution in [0.5, 0.6) is 0 Å². The number of likely N-dealkylation sites (tertiary alicyclic amines) is 1. The Labute approximate surface area is 182 Å². The third kappa shape index (κ3) is 3.82. The highest BCUT2D eigenvalue weighted by molar-refractivity contribution is 9.10. The number of hydrogen-bond acceptors (Lipinski definition) is 3. The molecule has 0 bridgehead atoms. The molecule has 0 radical (unpaired) electrons. The van der Waals surface area contributed by atoms with Crippen molar-refractivity contribution in [2.45, 2.75) is 17.7 Å². The second-order valence-corrected chi connectivity index (χ2v) is 9.87. The van der Waals surface area contributed by atoms with Gasteiger partial charge in [-0.25, -0.2) is 0 Å². The van der Waals surface area contributed by atoms with E-state index in [4.69, 9.17) is 11.6 Å². The van der Waals surface area contributed by atoms with Crippen molar-refractivity contribution < 1.29 is 9.59 Å². The molecule has 2 aromatic rings. The minimum Gasteiger partial charge on any atom is -0.338 e. The Bertz CT molecular complexity index is 898. The maximum absolute atomic E-state index is 13.1. The molecule has 2 heterocycles. The lowest BCUT2D eigenvalue weighted by Crippen LogP contribution is -2.53. The molecular formula is C21H20BrClN2O2S. The van der Waals surface area contributed by atoms with E-state index in [1.54, 1.807) is 24.3 Å². The van der Waals surface area contributed by atoms with Gasteiger partial charge in [0.2, 0.25) is 0 Å². The molecule has 7 heteroatoms. The van der Waals surface area contributed by atoms with Crippen LogP contribution < -0.4 is 0 Å². The predicted molar refractivity (Wildman–Crippen MR) is 117 cm³/mol. The monoisotopic (exact) mass is 478 g/mol. The van der Waals surface area contributed by atoms with E-state index >= 15 is 0 Å². The van der Waals surface area contributed by atoms with Crippen LogP contribution in [0.25, 0.3) is 0 Å². The van der Waals surface area contributed by atoms with Crippen molar-refractivity contribution in [3.05, 3.63) is 69.2 Å². The molecule has 2 aliphatic heterocycles. The average Bonchev–Trinajstić information content (AvgIpc) is 3.11. The Hall–Kier alpha value is -1.50. The zero-order chi connectivity index (χ0) is 19.7. The Balaban J connectivity index is 1.47. The summed E-state index contributed by atoms with van der Waals surface area (Å²) in [6, 6.07) is 14.6. The number of carbonyl (C=O) groups is 2. The summed E-state index contributed by atoms with van der Waals surface area (Å²) in [5, 5.41) is 0.567. The first-order chi connectivity index (χ1) is 13.5. The molecule has 0 saturated carbocycles. The molecule has 2 fully saturated rings. The topological polar surface area (TPSA) is 40.6 Å². The van der Waals surface area contributed by atoms with Gasteiger partial charge in [0.25, 0.3) is 11.8 Å². The molecule has 0 unspecified atom stereocenters. The van der Waals surface area contributed by atoms with Crippen LogP contribution in [0.3, 0.4) is 0 Å². The fraction of sp³-hybridized carbons (Fsp3) is 0.333. The van der Waals surface area contributed by atoms with E-state index in [0.29, 0.717) is 29.2 Å². The maximum Gasteiger partial charge on any atom is 0.254 e. The molecule has 0 atom stereocenters. The smallest absolute Gasteiger partial charge is 0.254 e. The van der Waals surface area contributed by atoms with Crippen molar-refractivity contribution in [2.24, 2.45) is 0 Å². The van der Waals surface area contributed by atoms with Crippen molar-refractivity contribution in [3.8, 4) is 0 Å². The lowest BCUT2D eigenvalue weighted by atomic mass is 10.00. The number of halogens is 2. The van der Waals surface area contributed by atoms with Gasteiger partial charge in [0, 0.05) is 46.0 Å². The first-order valence-electron chi connectivity index (χ1n) is 9.25. The Morgan fingerprint density at radius 3 is 2.36 bits per heavy atom. The molecule has 2 amide bonds. The minimum atomic E-state index is -0.213. The van der Waals surface area contributed by atoms with E-state index in [1.165, 1.54) is 0 Å². The third-order valence-electron chi connectivity index (χ3n) is 5.42. The molecule has 4 nitrogen and oxygen atoms in total. The molecular weight excluding hydrogens is 460 g/mol. The average molecular weight is 480 g/mol. The summed E-state index contributed by atoms with van der Waals surface area (Å²) in [5.41, 5.74) is 1.33. The zero-order valence-corrected chi connectivity index (χ0v) is 18.4. The van der Waals surface area contributed by atoms with Gasteiger partial charge in [-0.05, 0) is 55.3 Å². The van der Waals surface area contributed by atoms with E-state index in [-0.39, 0.29) is 16.7 Å². The molecule has 0 N–H and O–H groups in total. The number of rotatable bonds is 2. The maximum atomic E-state index is 13.1. The number of piperidine rings is 1. The van der Waals surface area contributed by atoms with Gasteiger partial charge in [-0.2, -0.15) is 0 Å². The highest BCUT2D eigenvalue weighted by Crippen LogP contribution is 2.44. The van der Waals surface area contributed by atoms with Crippen LogP contribution in [0, 0.1) is 0 Å². The van der Waals surface area contributed by atoms with Crippen LogP contribution in [0.2, 0.25) is 5.02 Å². The fourth-order valence-electron chi connectivity index (χ4n) is 3.92. The quantitative estimate of drug-likeness (QED) is 0.613. The number of thioether (sulfide) groups is 1. The summed E-state index contributed by atoms with van der Waals surface area (Å²) in [4.78, 5) is 29.6. The van der Waals surface area contributed by atoms with E-state index in [1.807, 2.05) is 45.8 Å². The molecule has 146 valence electrons. The van der Waals surface area contributed by atoms with Crippen molar-refractivity contribution in [1.29, 1.82) is 0 Å². The van der Waals surface area contributed by atoms with Gasteiger partial charge in [0.1, 0.15) is 0 Å². The van der Waals surface area contributed by atoms with Crippen LogP contribution >= 0.6 is 39.3 Å². The van der Waals surface area contributed by atoms with Gasteiger partial charge in [-0.15, -0.1) is 11.8 Å². The number of nitrogens with zero attached hydrogens (tertiary/aromatic N) is 2. The number of amides is 2. The highest BCUT2D eigenvalue weighted by Gasteiger charge is 2.47. The minimum absolute atomic E-state index is 0.00568. The fourth-order valence-corrected chi connectivity index (χ4v) is 5.83. The van der Waals surface area contributed by atoms with Crippen molar-refractivity contribution in [3.63, 3.8) is 0 Å². The summed E-state index contributed by atoms with van der Waals surface area (Å²) in [5.74, 6) is 1.02. The largest absolute Gasteiger partial charge is 0.338 e. The standard InChI is InChI=1S/C21H20BrClN2O2S/c22-17-6-4-15(5-7-17)20(27)25-12-13-28-21(25)8-10-24(11-9-21)19(26)16-2-1-3-18(23)14-16/h1-7,14H,8-13H2. The molecule has 2 aliphatic rings. The van der Waals surface area contributed by atoms with Crippen molar-refractivity contribution >= 4 is 51.1 Å². The summed E-state index contributed by atoms with van der Waals surface area (Å²) in [6.45, 7) is 2.03. The molecule has 0 aromatic heterocycles. The molecule has 0 aliphatic carbocycles. The van der Waals surface area contributed by atoms with Crippen LogP contribution in [0.15, 0.2) is 53.0 Å². The number of benzene rings is 2. The number of carbonyl (C=O) groups excluding carboxylic acids is 2. The third-order valence-corrected chi connectivity index (χ3v) is 7.73. The molecule has 4 rings (SSSR count). The Kier molecular flexibility index (Phi) is 5.72. The molecule has 2 saturated heterocycles. The van der Waals surface area contributed by atoms with E-state index in [0.717, 1.165) is 29.6 Å². The first-order valence-corrected chi connectivity index (χ1v) is 11.4. The molecule has 1 spiro atoms. The summed E-state index contributed by atoms with van der Waals surface area (Å²) >= 11 is 11.3. The second-order valence-electron chi connectivity index (χ2n) is 7.06. The number of hydrogen-bond donors (Lipinski definition) is 0. The normalized spacial score (nSPS) is 18.5. The van der Waals surface area contributed by atoms with E-state index in [9.17, 15) is 9.59 Å². The van der Waals surface area contributed by atoms with E-state index in [2.05, 4.69) is 15.9 Å². The first kappa shape index (κ1) is 19.8. The highest BCUT2D eigenvalue weighted by atomic mass is 79.9. The second kappa shape index (κ2) is 8.09. The lowest BCUT2D eigenvalue weighted by Gasteiger charge is -2.44. The Morgan fingerprint density at radius 2 is 1.68 bits per heavy atom. The van der Waals surface area contributed by atoms with Crippen LogP contribution in [0.1, 0.15) is 33.6 Å². The van der Waals surface area contributed by atoms with E-state index < -0.39 is 0 Å². The van der Waals surface area contributed by atoms with Gasteiger partial charge in [0.05, 0.1) is 4.87 Å². The summed E-state index contributed by atoms with van der Waals surface area (Å²) in [7, 11) is 0. The van der Waals surface area contributed by atoms with Crippen LogP contribution in [-0.4, -0.2) is 51.9 Å². The van der Waals surface area contributed by atoms with Gasteiger partial charge in [-0.1, -0.05) is 33.6 Å². The predicted octanol–water partition coefficient (Wildman–Crippen LogP) is 4.92. The molecule has 2 aromatic carbocycles. The van der Waals surface area contributed by atoms with Gasteiger partial charge >= 0.3 is 0 Å². The van der Waals surface area contributed by atoms with Gasteiger partial charge < -0.3 is 9.80 Å². The summed E-state index contributed by atoms with van der Waals surface area (Å²) in [6.07, 6.45) is 1.57. The van der Waals surface area contributed by atoms with Crippen LogP contribution in [0.4, 0.5) is 0 Å². The SMILES string of the molecule is O=C(c1cccc(Cl)c1)N1CCC2(CC1)SCCN2C(=O)c1ccc(Br)cc1. The zero-order valence-electron chi connectivity index (χ0n) is 15.2.